The van der Waals surface area contributed by atoms with E-state index >= 15 is 0 Å². The lowest BCUT2D eigenvalue weighted by atomic mass is 9.97. The maximum atomic E-state index is 3.87. The average molecular weight is 285 g/mol. The van der Waals surface area contributed by atoms with E-state index in [0.717, 1.165) is 19.1 Å². The zero-order chi connectivity index (χ0) is 14.1. The first-order chi connectivity index (χ1) is 10.4. The van der Waals surface area contributed by atoms with Crippen molar-refractivity contribution >= 4 is 5.69 Å². The van der Waals surface area contributed by atoms with Gasteiger partial charge in [0, 0.05) is 37.4 Å². The van der Waals surface area contributed by atoms with Crippen LogP contribution in [0.25, 0.3) is 0 Å². The molecule has 2 N–H and O–H groups in total. The van der Waals surface area contributed by atoms with Crippen molar-refractivity contribution in [2.75, 3.05) is 25.0 Å². The maximum absolute atomic E-state index is 3.87. The van der Waals surface area contributed by atoms with Crippen LogP contribution in [0.4, 0.5) is 5.69 Å². The highest BCUT2D eigenvalue weighted by Gasteiger charge is 2.35. The molecule has 0 amide bonds. The van der Waals surface area contributed by atoms with Crippen molar-refractivity contribution < 1.29 is 0 Å². The summed E-state index contributed by atoms with van der Waals surface area (Å²) in [7, 11) is 0. The molecule has 0 spiro atoms. The van der Waals surface area contributed by atoms with Crippen LogP contribution in [0, 0.1) is 0 Å². The first kappa shape index (κ1) is 13.6. The molecule has 21 heavy (non-hydrogen) atoms. The molecule has 3 aliphatic heterocycles. The minimum Gasteiger partial charge on any atom is -0.385 e. The zero-order valence-electron chi connectivity index (χ0n) is 12.9. The predicted octanol–water partition coefficient (Wildman–Crippen LogP) is 2.76. The number of fused-ring (bicyclic) bond motifs is 2. The first-order valence-corrected chi connectivity index (χ1v) is 8.74. The molecule has 2 saturated heterocycles. The molecular formula is C18H27N3. The van der Waals surface area contributed by atoms with Gasteiger partial charge in [-0.1, -0.05) is 24.6 Å². The minimum atomic E-state index is 0.699. The van der Waals surface area contributed by atoms with Gasteiger partial charge in [-0.25, -0.2) is 0 Å². The lowest BCUT2D eigenvalue weighted by molar-refractivity contribution is 0.180. The Morgan fingerprint density at radius 3 is 3.14 bits per heavy atom. The van der Waals surface area contributed by atoms with E-state index in [1.165, 1.54) is 68.4 Å². The molecule has 0 aromatic heterocycles. The summed E-state index contributed by atoms with van der Waals surface area (Å²) in [4.78, 5) is 2.71. The second-order valence-electron chi connectivity index (χ2n) is 6.86. The van der Waals surface area contributed by atoms with Crippen molar-refractivity contribution in [1.82, 2.24) is 10.2 Å². The fourth-order valence-corrected chi connectivity index (χ4v) is 4.45. The van der Waals surface area contributed by atoms with Gasteiger partial charge in [-0.2, -0.15) is 0 Å². The second-order valence-corrected chi connectivity index (χ2v) is 6.86. The number of hydrogen-bond acceptors (Lipinski definition) is 3. The molecule has 1 aromatic rings. The fraction of sp³-hybridized carbons (Fsp3) is 0.667. The Balaban J connectivity index is 1.43. The highest BCUT2D eigenvalue weighted by molar-refractivity contribution is 5.59. The van der Waals surface area contributed by atoms with Gasteiger partial charge in [0.1, 0.15) is 0 Å². The van der Waals surface area contributed by atoms with Crippen LogP contribution in [-0.2, 0) is 13.0 Å². The summed E-state index contributed by atoms with van der Waals surface area (Å²) < 4.78 is 0. The van der Waals surface area contributed by atoms with Crippen LogP contribution in [-0.4, -0.2) is 36.6 Å². The number of nitrogens with one attached hydrogen (secondary N) is 2. The van der Waals surface area contributed by atoms with Crippen molar-refractivity contribution in [3.05, 3.63) is 29.3 Å². The average Bonchev–Trinajstić information content (AvgIpc) is 2.96. The Kier molecular flexibility index (Phi) is 3.87. The van der Waals surface area contributed by atoms with E-state index in [9.17, 15) is 0 Å². The van der Waals surface area contributed by atoms with Crippen molar-refractivity contribution in [2.45, 2.75) is 57.2 Å². The second kappa shape index (κ2) is 5.98. The number of benzene rings is 1. The van der Waals surface area contributed by atoms with E-state index in [1.54, 1.807) is 0 Å². The van der Waals surface area contributed by atoms with Gasteiger partial charge in [-0.05, 0) is 49.8 Å². The number of aryl methyl sites for hydroxylation is 1. The molecule has 2 fully saturated rings. The number of anilines is 1. The fourth-order valence-electron chi connectivity index (χ4n) is 4.45. The van der Waals surface area contributed by atoms with E-state index in [-0.39, 0.29) is 0 Å². The number of rotatable bonds is 3. The van der Waals surface area contributed by atoms with E-state index in [1.807, 2.05) is 0 Å². The van der Waals surface area contributed by atoms with Crippen LogP contribution < -0.4 is 10.6 Å². The summed E-state index contributed by atoms with van der Waals surface area (Å²) in [6.07, 6.45) is 8.04. The molecule has 4 rings (SSSR count). The molecule has 0 aliphatic carbocycles. The summed E-state index contributed by atoms with van der Waals surface area (Å²) in [5.74, 6) is 0. The minimum absolute atomic E-state index is 0.699. The third-order valence-corrected chi connectivity index (χ3v) is 5.57. The standard InChI is InChI=1S/C18H27N3/c1-2-11-21-12-9-16(17(21)8-1)20-13-15-6-3-5-14-7-4-10-19-18(14)15/h3,5-6,16-17,19-20H,1-2,4,7-13H2. The largest absolute Gasteiger partial charge is 0.385 e. The summed E-state index contributed by atoms with van der Waals surface area (Å²) in [6, 6.07) is 8.29. The first-order valence-electron chi connectivity index (χ1n) is 8.74. The van der Waals surface area contributed by atoms with Gasteiger partial charge in [0.05, 0.1) is 0 Å². The van der Waals surface area contributed by atoms with E-state index in [0.29, 0.717) is 6.04 Å². The Bertz CT molecular complexity index is 499. The maximum Gasteiger partial charge on any atom is 0.0418 e. The third-order valence-electron chi connectivity index (χ3n) is 5.57. The Hall–Kier alpha value is -1.06. The van der Waals surface area contributed by atoms with Gasteiger partial charge in [0.15, 0.2) is 0 Å². The SMILES string of the molecule is c1cc2c(c(CNC3CCN4CCCCC34)c1)NCCC2. The number of nitrogens with zero attached hydrogens (tertiary/aromatic N) is 1. The normalized spacial score (nSPS) is 28.8. The van der Waals surface area contributed by atoms with Crippen LogP contribution >= 0.6 is 0 Å². The lowest BCUT2D eigenvalue weighted by Crippen LogP contribution is -2.44. The molecule has 114 valence electrons. The summed E-state index contributed by atoms with van der Waals surface area (Å²) in [5, 5.41) is 7.48. The molecule has 0 saturated carbocycles. The molecule has 1 aromatic carbocycles. The van der Waals surface area contributed by atoms with Gasteiger partial charge in [-0.15, -0.1) is 0 Å². The molecular weight excluding hydrogens is 258 g/mol. The third kappa shape index (κ3) is 2.69. The van der Waals surface area contributed by atoms with Gasteiger partial charge in [-0.3, -0.25) is 4.90 Å². The molecule has 0 bridgehead atoms. The van der Waals surface area contributed by atoms with E-state index < -0.39 is 0 Å². The van der Waals surface area contributed by atoms with Gasteiger partial charge < -0.3 is 10.6 Å². The topological polar surface area (TPSA) is 27.3 Å². The molecule has 2 atom stereocenters. The molecule has 3 heteroatoms. The lowest BCUT2D eigenvalue weighted by Gasteiger charge is -2.33. The highest BCUT2D eigenvalue weighted by atomic mass is 15.2. The van der Waals surface area contributed by atoms with Crippen molar-refractivity contribution in [1.29, 1.82) is 0 Å². The van der Waals surface area contributed by atoms with Gasteiger partial charge in [0.2, 0.25) is 0 Å². The molecule has 2 unspecified atom stereocenters. The van der Waals surface area contributed by atoms with E-state index in [4.69, 9.17) is 0 Å². The summed E-state index contributed by atoms with van der Waals surface area (Å²) in [5.41, 5.74) is 4.38. The predicted molar refractivity (Wildman–Crippen MR) is 87.7 cm³/mol. The number of piperidine rings is 1. The van der Waals surface area contributed by atoms with Crippen LogP contribution in [0.2, 0.25) is 0 Å². The molecule has 3 nitrogen and oxygen atoms in total. The summed E-state index contributed by atoms with van der Waals surface area (Å²) >= 11 is 0. The van der Waals surface area contributed by atoms with Crippen LogP contribution in [0.5, 0.6) is 0 Å². The Labute approximate surface area is 128 Å². The number of hydrogen-bond donors (Lipinski definition) is 2. The van der Waals surface area contributed by atoms with E-state index in [2.05, 4.69) is 33.7 Å². The van der Waals surface area contributed by atoms with Crippen molar-refractivity contribution in [3.8, 4) is 0 Å². The Morgan fingerprint density at radius 2 is 2.14 bits per heavy atom. The molecule has 0 radical (unpaired) electrons. The van der Waals surface area contributed by atoms with Crippen LogP contribution in [0.3, 0.4) is 0 Å². The highest BCUT2D eigenvalue weighted by Crippen LogP contribution is 2.29. The summed E-state index contributed by atoms with van der Waals surface area (Å²) in [6.45, 7) is 4.77. The molecule has 3 aliphatic rings. The van der Waals surface area contributed by atoms with Crippen molar-refractivity contribution in [2.24, 2.45) is 0 Å². The smallest absolute Gasteiger partial charge is 0.0418 e. The van der Waals surface area contributed by atoms with Crippen LogP contribution in [0.15, 0.2) is 18.2 Å². The van der Waals surface area contributed by atoms with Gasteiger partial charge in [0.25, 0.3) is 0 Å². The quantitative estimate of drug-likeness (QED) is 0.894. The Morgan fingerprint density at radius 1 is 1.14 bits per heavy atom. The van der Waals surface area contributed by atoms with Gasteiger partial charge >= 0.3 is 0 Å². The number of para-hydroxylation sites is 1. The monoisotopic (exact) mass is 285 g/mol. The van der Waals surface area contributed by atoms with Crippen molar-refractivity contribution in [3.63, 3.8) is 0 Å². The van der Waals surface area contributed by atoms with Crippen LogP contribution in [0.1, 0.15) is 43.2 Å². The molecule has 3 heterocycles. The zero-order valence-corrected chi connectivity index (χ0v) is 12.9.